The molecule has 0 bridgehead atoms. The first kappa shape index (κ1) is 17.2. The topological polar surface area (TPSA) is 50.4 Å². The zero-order valence-corrected chi connectivity index (χ0v) is 14.1. The van der Waals surface area contributed by atoms with Gasteiger partial charge in [0.1, 0.15) is 17.3 Å². The minimum absolute atomic E-state index is 0.0939. The third-order valence-electron chi connectivity index (χ3n) is 3.98. The van der Waals surface area contributed by atoms with Gasteiger partial charge in [0.15, 0.2) is 5.58 Å². The molecule has 5 nitrogen and oxygen atoms in total. The number of rotatable bonds is 6. The average molecular weight is 347 g/mol. The van der Waals surface area contributed by atoms with Gasteiger partial charge in [-0.2, -0.15) is 0 Å². The molecule has 1 aromatic carbocycles. The summed E-state index contributed by atoms with van der Waals surface area (Å²) < 4.78 is 34.9. The molecule has 0 atom stereocenters. The van der Waals surface area contributed by atoms with E-state index in [1.54, 1.807) is 16.7 Å². The van der Waals surface area contributed by atoms with Crippen molar-refractivity contribution in [2.75, 3.05) is 27.2 Å². The van der Waals surface area contributed by atoms with E-state index in [1.807, 2.05) is 19.0 Å². The van der Waals surface area contributed by atoms with Crippen LogP contribution in [-0.2, 0) is 6.54 Å². The van der Waals surface area contributed by atoms with Crippen molar-refractivity contribution < 1.29 is 18.0 Å². The first-order valence-corrected chi connectivity index (χ1v) is 7.90. The van der Waals surface area contributed by atoms with Crippen molar-refractivity contribution in [3.8, 4) is 0 Å². The molecule has 3 aromatic rings. The maximum absolute atomic E-state index is 14.0. The summed E-state index contributed by atoms with van der Waals surface area (Å²) in [5.74, 6) is -1.61. The quantitative estimate of drug-likeness (QED) is 0.746. The van der Waals surface area contributed by atoms with Gasteiger partial charge in [0.2, 0.25) is 0 Å². The van der Waals surface area contributed by atoms with Crippen molar-refractivity contribution in [1.29, 1.82) is 0 Å². The van der Waals surface area contributed by atoms with Gasteiger partial charge in [-0.3, -0.25) is 4.79 Å². The highest BCUT2D eigenvalue weighted by molar-refractivity contribution is 5.97. The highest BCUT2D eigenvalue weighted by Gasteiger charge is 2.19. The SMILES string of the molecule is CN(C)CCNC(=O)c1cc2occc2n1Cc1c(F)cccc1F. The predicted molar refractivity (Wildman–Crippen MR) is 90.6 cm³/mol. The Bertz CT molecular complexity index is 879. The number of carbonyl (C=O) groups is 1. The van der Waals surface area contributed by atoms with E-state index in [9.17, 15) is 13.6 Å². The largest absolute Gasteiger partial charge is 0.463 e. The number of hydrogen-bond donors (Lipinski definition) is 1. The molecule has 2 aromatic heterocycles. The van der Waals surface area contributed by atoms with Crippen molar-refractivity contribution in [2.45, 2.75) is 6.54 Å². The van der Waals surface area contributed by atoms with Gasteiger partial charge in [0, 0.05) is 30.8 Å². The van der Waals surface area contributed by atoms with Crippen molar-refractivity contribution in [2.24, 2.45) is 0 Å². The number of carbonyl (C=O) groups excluding carboxylic acids is 1. The lowest BCUT2D eigenvalue weighted by Crippen LogP contribution is -2.32. The van der Waals surface area contributed by atoms with Gasteiger partial charge in [-0.1, -0.05) is 6.07 Å². The van der Waals surface area contributed by atoms with Crippen molar-refractivity contribution in [3.05, 3.63) is 59.5 Å². The number of nitrogens with zero attached hydrogens (tertiary/aromatic N) is 2. The van der Waals surface area contributed by atoms with Gasteiger partial charge in [0.25, 0.3) is 5.91 Å². The number of nitrogens with one attached hydrogen (secondary N) is 1. The molecule has 0 aliphatic heterocycles. The van der Waals surface area contributed by atoms with Crippen LogP contribution in [0.15, 0.2) is 41.0 Å². The monoisotopic (exact) mass is 347 g/mol. The normalized spacial score (nSPS) is 11.4. The standard InChI is InChI=1S/C18H19F2N3O2/c1-22(2)8-7-21-18(24)16-10-17-15(6-9-25-17)23(16)11-12-13(19)4-3-5-14(12)20/h3-6,9-10H,7-8,11H2,1-2H3,(H,21,24). The Hall–Kier alpha value is -2.67. The smallest absolute Gasteiger partial charge is 0.268 e. The molecule has 25 heavy (non-hydrogen) atoms. The molecule has 0 fully saturated rings. The summed E-state index contributed by atoms with van der Waals surface area (Å²) in [5.41, 5.74) is 1.31. The van der Waals surface area contributed by atoms with E-state index in [2.05, 4.69) is 5.32 Å². The summed E-state index contributed by atoms with van der Waals surface area (Å²) in [6, 6.07) is 6.96. The van der Waals surface area contributed by atoms with E-state index in [0.29, 0.717) is 29.9 Å². The fourth-order valence-electron chi connectivity index (χ4n) is 2.66. The Labute approximate surface area is 143 Å². The van der Waals surface area contributed by atoms with Crippen molar-refractivity contribution >= 4 is 17.0 Å². The Morgan fingerprint density at radius 3 is 2.64 bits per heavy atom. The number of halogens is 2. The molecule has 2 heterocycles. The predicted octanol–water partition coefficient (Wildman–Crippen LogP) is 2.85. The maximum atomic E-state index is 14.0. The van der Waals surface area contributed by atoms with Gasteiger partial charge in [-0.05, 0) is 26.2 Å². The highest BCUT2D eigenvalue weighted by atomic mass is 19.1. The van der Waals surface area contributed by atoms with E-state index in [0.717, 1.165) is 0 Å². The molecular weight excluding hydrogens is 328 g/mol. The molecule has 3 rings (SSSR count). The lowest BCUT2D eigenvalue weighted by atomic mass is 10.2. The summed E-state index contributed by atoms with van der Waals surface area (Å²) in [6.07, 6.45) is 1.48. The molecule has 0 radical (unpaired) electrons. The van der Waals surface area contributed by atoms with Gasteiger partial charge < -0.3 is 19.2 Å². The van der Waals surface area contributed by atoms with E-state index < -0.39 is 11.6 Å². The third kappa shape index (κ3) is 3.56. The number of hydrogen-bond acceptors (Lipinski definition) is 3. The second-order valence-electron chi connectivity index (χ2n) is 6.05. The molecule has 0 saturated carbocycles. The molecule has 0 spiro atoms. The Kier molecular flexibility index (Phi) is 4.85. The van der Waals surface area contributed by atoms with Crippen molar-refractivity contribution in [3.63, 3.8) is 0 Å². The second-order valence-corrected chi connectivity index (χ2v) is 6.05. The lowest BCUT2D eigenvalue weighted by molar-refractivity contribution is 0.0942. The van der Waals surface area contributed by atoms with Crippen LogP contribution in [0.4, 0.5) is 8.78 Å². The van der Waals surface area contributed by atoms with Crippen LogP contribution in [0.5, 0.6) is 0 Å². The molecule has 0 saturated heterocycles. The number of amides is 1. The molecule has 0 aliphatic rings. The van der Waals surface area contributed by atoms with Crippen molar-refractivity contribution in [1.82, 2.24) is 14.8 Å². The number of fused-ring (bicyclic) bond motifs is 1. The number of benzene rings is 1. The summed E-state index contributed by atoms with van der Waals surface area (Å²) in [7, 11) is 3.81. The summed E-state index contributed by atoms with van der Waals surface area (Å²) in [4.78, 5) is 14.4. The van der Waals surface area contributed by atoms with Crippen LogP contribution in [-0.4, -0.2) is 42.6 Å². The zero-order chi connectivity index (χ0) is 18.0. The van der Waals surface area contributed by atoms with Crippen LogP contribution in [0.3, 0.4) is 0 Å². The number of furan rings is 1. The second kappa shape index (κ2) is 7.06. The summed E-state index contributed by atoms with van der Waals surface area (Å²) >= 11 is 0. The molecule has 1 N–H and O–H groups in total. The molecule has 7 heteroatoms. The fraction of sp³-hybridized carbons (Fsp3) is 0.278. The van der Waals surface area contributed by atoms with Crippen LogP contribution in [0, 0.1) is 11.6 Å². The van der Waals surface area contributed by atoms with E-state index >= 15 is 0 Å². The first-order valence-electron chi connectivity index (χ1n) is 7.90. The van der Waals surface area contributed by atoms with Gasteiger partial charge in [-0.25, -0.2) is 8.78 Å². The van der Waals surface area contributed by atoms with Crippen LogP contribution in [0.2, 0.25) is 0 Å². The minimum Gasteiger partial charge on any atom is -0.463 e. The van der Waals surface area contributed by atoms with Crippen LogP contribution in [0.1, 0.15) is 16.1 Å². The van der Waals surface area contributed by atoms with Crippen LogP contribution in [0.25, 0.3) is 11.1 Å². The fourth-order valence-corrected chi connectivity index (χ4v) is 2.66. The van der Waals surface area contributed by atoms with E-state index in [-0.39, 0.29) is 18.0 Å². The summed E-state index contributed by atoms with van der Waals surface area (Å²) in [6.45, 7) is 1.05. The zero-order valence-electron chi connectivity index (χ0n) is 14.1. The molecule has 1 amide bonds. The number of aromatic nitrogens is 1. The number of likely N-dealkylation sites (N-methyl/N-ethyl adjacent to an activating group) is 1. The molecule has 132 valence electrons. The Morgan fingerprint density at radius 1 is 1.24 bits per heavy atom. The highest BCUT2D eigenvalue weighted by Crippen LogP contribution is 2.24. The average Bonchev–Trinajstić information content (AvgIpc) is 3.12. The maximum Gasteiger partial charge on any atom is 0.268 e. The first-order chi connectivity index (χ1) is 12.0. The van der Waals surface area contributed by atoms with E-state index in [4.69, 9.17) is 4.42 Å². The van der Waals surface area contributed by atoms with Crippen LogP contribution < -0.4 is 5.32 Å². The molecular formula is C18H19F2N3O2. The summed E-state index contributed by atoms with van der Waals surface area (Å²) in [5, 5.41) is 2.81. The van der Waals surface area contributed by atoms with Gasteiger partial charge in [0.05, 0.1) is 18.3 Å². The lowest BCUT2D eigenvalue weighted by Gasteiger charge is -2.13. The van der Waals surface area contributed by atoms with Gasteiger partial charge in [-0.15, -0.1) is 0 Å². The minimum atomic E-state index is -0.649. The van der Waals surface area contributed by atoms with Crippen LogP contribution >= 0.6 is 0 Å². The third-order valence-corrected chi connectivity index (χ3v) is 3.98. The molecule has 0 unspecified atom stereocenters. The Morgan fingerprint density at radius 2 is 1.96 bits per heavy atom. The molecule has 0 aliphatic carbocycles. The Balaban J connectivity index is 1.93. The van der Waals surface area contributed by atoms with Gasteiger partial charge >= 0.3 is 0 Å². The van der Waals surface area contributed by atoms with E-state index in [1.165, 1.54) is 24.5 Å².